The molecule has 0 aliphatic heterocycles. The molecule has 0 aliphatic rings. The van der Waals surface area contributed by atoms with Gasteiger partial charge >= 0.3 is 5.97 Å². The van der Waals surface area contributed by atoms with Crippen molar-refractivity contribution in [3.05, 3.63) is 30.1 Å². The number of aromatic nitrogens is 1. The fourth-order valence-corrected chi connectivity index (χ4v) is 1.56. The molecular formula is C13H20N2O2. The minimum Gasteiger partial charge on any atom is -0.467 e. The standard InChI is InChI=1S/C13H20N2O2/c1-10(2)8-15-13(3,12(16)17-4)11-6-5-7-14-9-11/h5-7,9-10,15H,8H2,1-4H3. The largest absolute Gasteiger partial charge is 0.467 e. The Bertz CT molecular complexity index is 365. The Morgan fingerprint density at radius 3 is 2.76 bits per heavy atom. The van der Waals surface area contributed by atoms with Gasteiger partial charge in [0.2, 0.25) is 0 Å². The lowest BCUT2D eigenvalue weighted by atomic mass is 9.93. The van der Waals surface area contributed by atoms with E-state index in [1.54, 1.807) is 12.4 Å². The van der Waals surface area contributed by atoms with Gasteiger partial charge in [-0.2, -0.15) is 0 Å². The summed E-state index contributed by atoms with van der Waals surface area (Å²) >= 11 is 0. The molecule has 1 unspecified atom stereocenters. The summed E-state index contributed by atoms with van der Waals surface area (Å²) < 4.78 is 4.87. The van der Waals surface area contributed by atoms with E-state index in [2.05, 4.69) is 24.1 Å². The number of esters is 1. The molecule has 0 radical (unpaired) electrons. The average Bonchev–Trinajstić information content (AvgIpc) is 2.36. The predicted molar refractivity (Wildman–Crippen MR) is 66.4 cm³/mol. The Morgan fingerprint density at radius 1 is 1.59 bits per heavy atom. The molecule has 0 amide bonds. The number of pyridine rings is 1. The molecular weight excluding hydrogens is 216 g/mol. The van der Waals surface area contributed by atoms with Gasteiger partial charge in [-0.05, 0) is 25.5 Å². The van der Waals surface area contributed by atoms with E-state index < -0.39 is 5.54 Å². The van der Waals surface area contributed by atoms with E-state index in [0.29, 0.717) is 5.92 Å². The first-order valence-electron chi connectivity index (χ1n) is 5.74. The molecule has 0 aromatic carbocycles. The van der Waals surface area contributed by atoms with Gasteiger partial charge in [-0.3, -0.25) is 10.3 Å². The van der Waals surface area contributed by atoms with Gasteiger partial charge in [0.25, 0.3) is 0 Å². The number of hydrogen-bond donors (Lipinski definition) is 1. The van der Waals surface area contributed by atoms with Gasteiger partial charge in [0, 0.05) is 18.0 Å². The Kier molecular flexibility index (Phi) is 4.63. The number of nitrogens with zero attached hydrogens (tertiary/aromatic N) is 1. The molecule has 0 fully saturated rings. The fraction of sp³-hybridized carbons (Fsp3) is 0.538. The van der Waals surface area contributed by atoms with Gasteiger partial charge in [-0.25, -0.2) is 4.79 Å². The third-order valence-electron chi connectivity index (χ3n) is 2.70. The van der Waals surface area contributed by atoms with Crippen LogP contribution < -0.4 is 5.32 Å². The van der Waals surface area contributed by atoms with Crippen LogP contribution in [-0.4, -0.2) is 24.6 Å². The van der Waals surface area contributed by atoms with Crippen LogP contribution in [0.25, 0.3) is 0 Å². The van der Waals surface area contributed by atoms with Gasteiger partial charge in [0.1, 0.15) is 5.54 Å². The Labute approximate surface area is 102 Å². The minimum absolute atomic E-state index is 0.300. The summed E-state index contributed by atoms with van der Waals surface area (Å²) in [4.78, 5) is 16.0. The van der Waals surface area contributed by atoms with Crippen LogP contribution in [0.1, 0.15) is 26.3 Å². The molecule has 1 aromatic rings. The van der Waals surface area contributed by atoms with Crippen LogP contribution in [0.5, 0.6) is 0 Å². The second-order valence-electron chi connectivity index (χ2n) is 4.63. The zero-order chi connectivity index (χ0) is 12.9. The van der Waals surface area contributed by atoms with Crippen LogP contribution in [0.3, 0.4) is 0 Å². The summed E-state index contributed by atoms with van der Waals surface area (Å²) in [5.41, 5.74) is -0.0275. The first-order valence-corrected chi connectivity index (χ1v) is 5.74. The Balaban J connectivity index is 2.98. The van der Waals surface area contributed by atoms with Crippen LogP contribution in [0.15, 0.2) is 24.5 Å². The lowest BCUT2D eigenvalue weighted by Crippen LogP contribution is -2.48. The third-order valence-corrected chi connectivity index (χ3v) is 2.70. The molecule has 0 saturated heterocycles. The van der Waals surface area contributed by atoms with Crippen LogP contribution >= 0.6 is 0 Å². The zero-order valence-electron chi connectivity index (χ0n) is 10.9. The average molecular weight is 236 g/mol. The summed E-state index contributed by atoms with van der Waals surface area (Å²) in [6.45, 7) is 6.74. The molecule has 17 heavy (non-hydrogen) atoms. The van der Waals surface area contributed by atoms with Crippen molar-refractivity contribution in [3.63, 3.8) is 0 Å². The van der Waals surface area contributed by atoms with E-state index in [1.807, 2.05) is 19.1 Å². The topological polar surface area (TPSA) is 51.2 Å². The third kappa shape index (κ3) is 3.27. The predicted octanol–water partition coefficient (Wildman–Crippen LogP) is 1.72. The van der Waals surface area contributed by atoms with Gasteiger partial charge in [0.15, 0.2) is 0 Å². The number of hydrogen-bond acceptors (Lipinski definition) is 4. The monoisotopic (exact) mass is 236 g/mol. The molecule has 4 heteroatoms. The highest BCUT2D eigenvalue weighted by molar-refractivity contribution is 5.81. The summed E-state index contributed by atoms with van der Waals surface area (Å²) in [6.07, 6.45) is 3.37. The number of nitrogens with one attached hydrogen (secondary N) is 1. The van der Waals surface area contributed by atoms with E-state index in [9.17, 15) is 4.79 Å². The summed E-state index contributed by atoms with van der Waals surface area (Å²) in [5, 5.41) is 3.25. The van der Waals surface area contributed by atoms with Crippen molar-refractivity contribution in [1.29, 1.82) is 0 Å². The first-order chi connectivity index (χ1) is 8.00. The van der Waals surface area contributed by atoms with Crippen molar-refractivity contribution in [2.24, 2.45) is 5.92 Å². The van der Waals surface area contributed by atoms with Gasteiger partial charge in [-0.1, -0.05) is 19.9 Å². The van der Waals surface area contributed by atoms with Crippen molar-refractivity contribution in [2.45, 2.75) is 26.3 Å². The van der Waals surface area contributed by atoms with Crippen molar-refractivity contribution in [1.82, 2.24) is 10.3 Å². The summed E-state index contributed by atoms with van der Waals surface area (Å²) in [5.74, 6) is 0.154. The maximum absolute atomic E-state index is 11.9. The lowest BCUT2D eigenvalue weighted by molar-refractivity contribution is -0.148. The molecule has 1 N–H and O–H groups in total. The van der Waals surface area contributed by atoms with E-state index in [1.165, 1.54) is 7.11 Å². The Hall–Kier alpha value is -1.42. The quantitative estimate of drug-likeness (QED) is 0.791. The van der Waals surface area contributed by atoms with E-state index in [-0.39, 0.29) is 5.97 Å². The van der Waals surface area contributed by atoms with E-state index >= 15 is 0 Å². The van der Waals surface area contributed by atoms with Gasteiger partial charge < -0.3 is 4.74 Å². The maximum atomic E-state index is 11.9. The first kappa shape index (κ1) is 13.6. The smallest absolute Gasteiger partial charge is 0.330 e. The minimum atomic E-state index is -0.840. The molecule has 0 spiro atoms. The molecule has 1 atom stereocenters. The molecule has 4 nitrogen and oxygen atoms in total. The molecule has 0 aliphatic carbocycles. The van der Waals surface area contributed by atoms with Crippen molar-refractivity contribution in [3.8, 4) is 0 Å². The number of rotatable bonds is 5. The normalized spacial score (nSPS) is 14.4. The van der Waals surface area contributed by atoms with Crippen LogP contribution in [-0.2, 0) is 15.1 Å². The molecule has 1 rings (SSSR count). The van der Waals surface area contributed by atoms with Crippen molar-refractivity contribution in [2.75, 3.05) is 13.7 Å². The van der Waals surface area contributed by atoms with E-state index in [0.717, 1.165) is 12.1 Å². The van der Waals surface area contributed by atoms with E-state index in [4.69, 9.17) is 4.74 Å². The lowest BCUT2D eigenvalue weighted by Gasteiger charge is -2.29. The molecule has 1 heterocycles. The second kappa shape index (κ2) is 5.77. The second-order valence-corrected chi connectivity index (χ2v) is 4.63. The summed E-state index contributed by atoms with van der Waals surface area (Å²) in [6, 6.07) is 3.69. The molecule has 94 valence electrons. The highest BCUT2D eigenvalue weighted by atomic mass is 16.5. The molecule has 0 bridgehead atoms. The molecule has 0 saturated carbocycles. The number of ether oxygens (including phenoxy) is 1. The number of carbonyl (C=O) groups excluding carboxylic acids is 1. The molecule has 1 aromatic heterocycles. The zero-order valence-corrected chi connectivity index (χ0v) is 10.9. The van der Waals surface area contributed by atoms with Crippen LogP contribution in [0, 0.1) is 5.92 Å². The highest BCUT2D eigenvalue weighted by Gasteiger charge is 2.36. The van der Waals surface area contributed by atoms with Crippen molar-refractivity contribution < 1.29 is 9.53 Å². The van der Waals surface area contributed by atoms with Crippen LogP contribution in [0.2, 0.25) is 0 Å². The SMILES string of the molecule is COC(=O)C(C)(NCC(C)C)c1cccnc1. The van der Waals surface area contributed by atoms with Crippen molar-refractivity contribution >= 4 is 5.97 Å². The van der Waals surface area contributed by atoms with Gasteiger partial charge in [-0.15, -0.1) is 0 Å². The maximum Gasteiger partial charge on any atom is 0.330 e. The number of carbonyl (C=O) groups is 1. The van der Waals surface area contributed by atoms with Gasteiger partial charge in [0.05, 0.1) is 7.11 Å². The van der Waals surface area contributed by atoms with Crippen LogP contribution in [0.4, 0.5) is 0 Å². The number of methoxy groups -OCH3 is 1. The summed E-state index contributed by atoms with van der Waals surface area (Å²) in [7, 11) is 1.40. The Morgan fingerprint density at radius 2 is 2.29 bits per heavy atom. The fourth-order valence-electron chi connectivity index (χ4n) is 1.56. The highest BCUT2D eigenvalue weighted by Crippen LogP contribution is 2.21.